The van der Waals surface area contributed by atoms with E-state index in [1.807, 2.05) is 0 Å². The van der Waals surface area contributed by atoms with E-state index in [9.17, 15) is 14.0 Å². The number of halogens is 2. The lowest BCUT2D eigenvalue weighted by Crippen LogP contribution is -2.30. The van der Waals surface area contributed by atoms with Crippen LogP contribution in [-0.2, 0) is 22.4 Å². The summed E-state index contributed by atoms with van der Waals surface area (Å²) in [6.07, 6.45) is 3.84. The summed E-state index contributed by atoms with van der Waals surface area (Å²) in [5, 5.41) is 6.12. The molecule has 1 saturated heterocycles. The van der Waals surface area contributed by atoms with Gasteiger partial charge in [0.05, 0.1) is 24.0 Å². The van der Waals surface area contributed by atoms with Crippen LogP contribution >= 0.6 is 11.6 Å². The maximum atomic E-state index is 13.6. The number of anilines is 2. The SMILES string of the molecule is O=C1COc2ncc(N3CC(CCNCC4Cc5ncc(F)c(Cl)c5C4)OC3=O)nc2N1. The van der Waals surface area contributed by atoms with Gasteiger partial charge in [0.1, 0.15) is 6.10 Å². The van der Waals surface area contributed by atoms with E-state index in [4.69, 9.17) is 21.1 Å². The summed E-state index contributed by atoms with van der Waals surface area (Å²) in [7, 11) is 0. The molecule has 2 N–H and O–H groups in total. The number of aromatic nitrogens is 3. The van der Waals surface area contributed by atoms with Crippen molar-refractivity contribution < 1.29 is 23.5 Å². The van der Waals surface area contributed by atoms with Gasteiger partial charge in [-0.1, -0.05) is 11.6 Å². The zero-order chi connectivity index (χ0) is 22.2. The second kappa shape index (κ2) is 8.47. The Kier molecular flexibility index (Phi) is 5.51. The smallest absolute Gasteiger partial charge is 0.415 e. The van der Waals surface area contributed by atoms with Crippen molar-refractivity contribution in [3.8, 4) is 5.88 Å². The molecule has 2 amide bonds. The van der Waals surface area contributed by atoms with Crippen LogP contribution in [0.1, 0.15) is 17.7 Å². The van der Waals surface area contributed by atoms with Crippen LogP contribution in [0.25, 0.3) is 0 Å². The summed E-state index contributed by atoms with van der Waals surface area (Å²) in [6, 6.07) is 0. The Bertz CT molecular complexity index is 1090. The lowest BCUT2D eigenvalue weighted by molar-refractivity contribution is -0.118. The van der Waals surface area contributed by atoms with Crippen LogP contribution in [0, 0.1) is 11.7 Å². The van der Waals surface area contributed by atoms with E-state index >= 15 is 0 Å². The van der Waals surface area contributed by atoms with Crippen LogP contribution in [0.2, 0.25) is 5.02 Å². The molecule has 2 aromatic rings. The van der Waals surface area contributed by atoms with Crippen molar-refractivity contribution in [1.29, 1.82) is 0 Å². The number of cyclic esters (lactones) is 1. The van der Waals surface area contributed by atoms with E-state index < -0.39 is 11.9 Å². The number of rotatable bonds is 6. The molecule has 12 heteroatoms. The Labute approximate surface area is 187 Å². The molecule has 0 bridgehead atoms. The van der Waals surface area contributed by atoms with Gasteiger partial charge in [-0.25, -0.2) is 19.2 Å². The van der Waals surface area contributed by atoms with Gasteiger partial charge >= 0.3 is 6.09 Å². The number of carbonyl (C=O) groups excluding carboxylic acids is 2. The minimum Gasteiger partial charge on any atom is -0.465 e. The first-order chi connectivity index (χ1) is 15.5. The van der Waals surface area contributed by atoms with E-state index in [1.54, 1.807) is 0 Å². The molecule has 0 radical (unpaired) electrons. The fourth-order valence-electron chi connectivity index (χ4n) is 4.12. The fourth-order valence-corrected chi connectivity index (χ4v) is 4.35. The number of nitrogens with one attached hydrogen (secondary N) is 2. The number of hydrogen-bond donors (Lipinski definition) is 2. The predicted molar refractivity (Wildman–Crippen MR) is 111 cm³/mol. The first-order valence-corrected chi connectivity index (χ1v) is 10.7. The summed E-state index contributed by atoms with van der Waals surface area (Å²) in [6.45, 7) is 1.59. The maximum absolute atomic E-state index is 13.6. The van der Waals surface area contributed by atoms with Gasteiger partial charge in [0, 0.05) is 5.69 Å². The van der Waals surface area contributed by atoms with Crippen molar-refractivity contribution >= 4 is 35.2 Å². The molecule has 0 spiro atoms. The Hall–Kier alpha value is -3.05. The van der Waals surface area contributed by atoms with Gasteiger partial charge in [-0.2, -0.15) is 0 Å². The minimum atomic E-state index is -0.513. The van der Waals surface area contributed by atoms with Crippen molar-refractivity contribution in [2.75, 3.05) is 36.5 Å². The Morgan fingerprint density at radius 1 is 1.28 bits per heavy atom. The van der Waals surface area contributed by atoms with Crippen LogP contribution in [0.3, 0.4) is 0 Å². The Morgan fingerprint density at radius 2 is 2.16 bits per heavy atom. The monoisotopic (exact) mass is 462 g/mol. The first kappa shape index (κ1) is 20.8. The summed E-state index contributed by atoms with van der Waals surface area (Å²) < 4.78 is 24.2. The van der Waals surface area contributed by atoms with Crippen LogP contribution in [0.5, 0.6) is 5.88 Å². The van der Waals surface area contributed by atoms with E-state index in [0.29, 0.717) is 31.8 Å². The van der Waals surface area contributed by atoms with Gasteiger partial charge in [-0.3, -0.25) is 14.7 Å². The summed E-state index contributed by atoms with van der Waals surface area (Å²) in [4.78, 5) is 37.7. The average molecular weight is 463 g/mol. The Balaban J connectivity index is 1.10. The summed E-state index contributed by atoms with van der Waals surface area (Å²) in [5.74, 6) is 0.173. The predicted octanol–water partition coefficient (Wildman–Crippen LogP) is 1.71. The molecule has 168 valence electrons. The van der Waals surface area contributed by atoms with Crippen LogP contribution < -0.4 is 20.3 Å². The molecule has 2 atom stereocenters. The number of ether oxygens (including phenoxy) is 2. The highest BCUT2D eigenvalue weighted by atomic mass is 35.5. The molecular weight excluding hydrogens is 443 g/mol. The number of nitrogens with zero attached hydrogens (tertiary/aromatic N) is 4. The lowest BCUT2D eigenvalue weighted by Gasteiger charge is -2.18. The van der Waals surface area contributed by atoms with Crippen LogP contribution in [0.15, 0.2) is 12.4 Å². The second-order valence-corrected chi connectivity index (χ2v) is 8.33. The molecular formula is C20H20ClFN6O4. The highest BCUT2D eigenvalue weighted by Gasteiger charge is 2.34. The van der Waals surface area contributed by atoms with E-state index in [-0.39, 0.29) is 41.2 Å². The molecule has 10 nitrogen and oxygen atoms in total. The topological polar surface area (TPSA) is 119 Å². The van der Waals surface area contributed by atoms with Crippen molar-refractivity contribution in [2.24, 2.45) is 5.92 Å². The molecule has 2 aliphatic heterocycles. The normalized spacial score (nSPS) is 21.6. The van der Waals surface area contributed by atoms with Gasteiger partial charge in [-0.05, 0) is 43.8 Å². The van der Waals surface area contributed by atoms with Gasteiger partial charge in [-0.15, -0.1) is 0 Å². The standard InChI is InChI=1S/C20H20ClFN6O4/c21-17-12-3-10(4-14(12)24-6-13(17)22)5-23-2-1-11-8-28(20(30)32-11)15-7-25-19-18(26-15)27-16(29)9-31-19/h6-7,10-11,23H,1-5,8-9H2,(H,26,27,29). The third-order valence-electron chi connectivity index (χ3n) is 5.68. The largest absolute Gasteiger partial charge is 0.465 e. The Morgan fingerprint density at radius 3 is 3.03 bits per heavy atom. The number of amides is 2. The van der Waals surface area contributed by atoms with Crippen molar-refractivity contribution in [3.63, 3.8) is 0 Å². The molecule has 4 heterocycles. The first-order valence-electron chi connectivity index (χ1n) is 10.3. The number of fused-ring (bicyclic) bond motifs is 2. The van der Waals surface area contributed by atoms with Crippen molar-refractivity contribution in [2.45, 2.75) is 25.4 Å². The molecule has 5 rings (SSSR count). The summed E-state index contributed by atoms with van der Waals surface area (Å²) >= 11 is 6.05. The van der Waals surface area contributed by atoms with E-state index in [0.717, 1.165) is 24.2 Å². The lowest BCUT2D eigenvalue weighted by atomic mass is 10.1. The second-order valence-electron chi connectivity index (χ2n) is 7.95. The third-order valence-corrected chi connectivity index (χ3v) is 6.09. The summed E-state index contributed by atoms with van der Waals surface area (Å²) in [5.41, 5.74) is 1.66. The minimum absolute atomic E-state index is 0.116. The molecule has 3 aliphatic rings. The van der Waals surface area contributed by atoms with Crippen molar-refractivity contribution in [1.82, 2.24) is 20.3 Å². The highest BCUT2D eigenvalue weighted by molar-refractivity contribution is 6.31. The zero-order valence-electron chi connectivity index (χ0n) is 16.9. The molecule has 0 saturated carbocycles. The van der Waals surface area contributed by atoms with Gasteiger partial charge in [0.2, 0.25) is 0 Å². The van der Waals surface area contributed by atoms with Gasteiger partial charge < -0.3 is 20.1 Å². The zero-order valence-corrected chi connectivity index (χ0v) is 17.7. The molecule has 1 aliphatic carbocycles. The van der Waals surface area contributed by atoms with Gasteiger partial charge in [0.25, 0.3) is 11.8 Å². The number of carbonyl (C=O) groups is 2. The van der Waals surface area contributed by atoms with Crippen molar-refractivity contribution in [3.05, 3.63) is 34.5 Å². The number of hydrogen-bond acceptors (Lipinski definition) is 8. The molecule has 2 aromatic heterocycles. The number of pyridine rings is 1. The molecule has 0 aromatic carbocycles. The third kappa shape index (κ3) is 4.05. The van der Waals surface area contributed by atoms with E-state index in [2.05, 4.69) is 25.6 Å². The fraction of sp³-hybridized carbons (Fsp3) is 0.450. The average Bonchev–Trinajstić information content (AvgIpc) is 3.37. The maximum Gasteiger partial charge on any atom is 0.415 e. The van der Waals surface area contributed by atoms with Gasteiger partial charge in [0.15, 0.2) is 24.1 Å². The molecule has 32 heavy (non-hydrogen) atoms. The molecule has 1 fully saturated rings. The van der Waals surface area contributed by atoms with Crippen LogP contribution in [-0.4, -0.2) is 59.3 Å². The highest BCUT2D eigenvalue weighted by Crippen LogP contribution is 2.32. The quantitative estimate of drug-likeness (QED) is 0.623. The van der Waals surface area contributed by atoms with Crippen LogP contribution in [0.4, 0.5) is 20.8 Å². The molecule has 2 unspecified atom stereocenters. The van der Waals surface area contributed by atoms with E-state index in [1.165, 1.54) is 17.3 Å².